The molecule has 0 aromatic rings. The molecule has 5 heteroatoms. The maximum absolute atomic E-state index is 11.9. The Bertz CT molecular complexity index is 335. The molecule has 5 nitrogen and oxygen atoms in total. The Hall–Kier alpha value is -1.26. The summed E-state index contributed by atoms with van der Waals surface area (Å²) in [7, 11) is 0. The first-order valence-corrected chi connectivity index (χ1v) is 6.89. The molecule has 0 N–H and O–H groups in total. The molecule has 0 radical (unpaired) electrons. The van der Waals surface area contributed by atoms with E-state index >= 15 is 0 Å². The topological polar surface area (TPSA) is 55.8 Å². The lowest BCUT2D eigenvalue weighted by Gasteiger charge is -2.36. The van der Waals surface area contributed by atoms with E-state index in [-0.39, 0.29) is 23.9 Å². The summed E-state index contributed by atoms with van der Waals surface area (Å²) in [6.07, 6.45) is 0.334. The van der Waals surface area contributed by atoms with E-state index < -0.39 is 5.60 Å². The van der Waals surface area contributed by atoms with E-state index in [0.29, 0.717) is 26.1 Å². The van der Waals surface area contributed by atoms with Gasteiger partial charge < -0.3 is 14.4 Å². The average Bonchev–Trinajstić information content (AvgIpc) is 2.26. The zero-order chi connectivity index (χ0) is 14.6. The van der Waals surface area contributed by atoms with Crippen LogP contribution in [0.15, 0.2) is 0 Å². The quantitative estimate of drug-likeness (QED) is 0.724. The fourth-order valence-electron chi connectivity index (χ4n) is 2.24. The molecular formula is C14H25NO4. The Kier molecular flexibility index (Phi) is 5.20. The van der Waals surface area contributed by atoms with Crippen molar-refractivity contribution in [1.29, 1.82) is 0 Å². The summed E-state index contributed by atoms with van der Waals surface area (Å²) in [5.41, 5.74) is -0.488. The van der Waals surface area contributed by atoms with Gasteiger partial charge in [0.15, 0.2) is 0 Å². The second-order valence-corrected chi connectivity index (χ2v) is 6.05. The lowest BCUT2D eigenvalue weighted by atomic mass is 9.87. The standard InChI is InChI=1S/C14H25NO4/c1-6-18-12(16)11-7-8-15(9-10(11)2)13(17)19-14(3,4)5/h10-11H,6-9H2,1-5H3/t10-,11+/m1/s1. The van der Waals surface area contributed by atoms with Gasteiger partial charge in [-0.15, -0.1) is 0 Å². The molecule has 1 rings (SSSR count). The molecule has 1 fully saturated rings. The highest BCUT2D eigenvalue weighted by atomic mass is 16.6. The maximum Gasteiger partial charge on any atom is 0.410 e. The number of nitrogens with zero attached hydrogens (tertiary/aromatic N) is 1. The predicted molar refractivity (Wildman–Crippen MR) is 71.7 cm³/mol. The first-order valence-electron chi connectivity index (χ1n) is 6.89. The van der Waals surface area contributed by atoms with Crippen molar-refractivity contribution in [3.63, 3.8) is 0 Å². The SMILES string of the molecule is CCOC(=O)[C@H]1CCN(C(=O)OC(C)(C)C)C[C@H]1C. The summed E-state index contributed by atoms with van der Waals surface area (Å²) in [6.45, 7) is 10.8. The zero-order valence-corrected chi connectivity index (χ0v) is 12.6. The van der Waals surface area contributed by atoms with Crippen LogP contribution in [-0.2, 0) is 14.3 Å². The Morgan fingerprint density at radius 2 is 1.95 bits per heavy atom. The van der Waals surface area contributed by atoms with Crippen molar-refractivity contribution in [2.75, 3.05) is 19.7 Å². The first kappa shape index (κ1) is 15.8. The molecule has 0 aliphatic carbocycles. The number of likely N-dealkylation sites (tertiary alicyclic amines) is 1. The molecule has 110 valence electrons. The third kappa shape index (κ3) is 4.73. The van der Waals surface area contributed by atoms with Gasteiger partial charge in [0.25, 0.3) is 0 Å². The second kappa shape index (κ2) is 6.26. The van der Waals surface area contributed by atoms with Crippen molar-refractivity contribution in [2.24, 2.45) is 11.8 Å². The fraction of sp³-hybridized carbons (Fsp3) is 0.857. The second-order valence-electron chi connectivity index (χ2n) is 6.05. The Morgan fingerprint density at radius 3 is 2.42 bits per heavy atom. The van der Waals surface area contributed by atoms with Crippen LogP contribution in [-0.4, -0.2) is 42.3 Å². The Balaban J connectivity index is 2.54. The van der Waals surface area contributed by atoms with Crippen LogP contribution >= 0.6 is 0 Å². The van der Waals surface area contributed by atoms with Gasteiger partial charge in [-0.3, -0.25) is 4.79 Å². The molecule has 0 spiro atoms. The van der Waals surface area contributed by atoms with Gasteiger partial charge in [-0.05, 0) is 40.0 Å². The van der Waals surface area contributed by atoms with E-state index in [1.807, 2.05) is 27.7 Å². The van der Waals surface area contributed by atoms with E-state index in [1.54, 1.807) is 11.8 Å². The lowest BCUT2D eigenvalue weighted by molar-refractivity contribution is -0.151. The number of esters is 1. The van der Waals surface area contributed by atoms with E-state index in [2.05, 4.69) is 0 Å². The molecule has 2 atom stereocenters. The minimum Gasteiger partial charge on any atom is -0.466 e. The molecule has 0 aromatic carbocycles. The van der Waals surface area contributed by atoms with Crippen molar-refractivity contribution in [2.45, 2.75) is 46.6 Å². The lowest BCUT2D eigenvalue weighted by Crippen LogP contribution is -2.47. The molecule has 0 bridgehead atoms. The van der Waals surface area contributed by atoms with E-state index in [9.17, 15) is 9.59 Å². The van der Waals surface area contributed by atoms with E-state index in [0.717, 1.165) is 0 Å². The average molecular weight is 271 g/mol. The van der Waals surface area contributed by atoms with Crippen molar-refractivity contribution < 1.29 is 19.1 Å². The van der Waals surface area contributed by atoms with Gasteiger partial charge in [0.05, 0.1) is 12.5 Å². The van der Waals surface area contributed by atoms with Gasteiger partial charge >= 0.3 is 12.1 Å². The molecule has 1 saturated heterocycles. The molecule has 1 aliphatic heterocycles. The smallest absolute Gasteiger partial charge is 0.410 e. The van der Waals surface area contributed by atoms with Crippen molar-refractivity contribution in [3.05, 3.63) is 0 Å². The Morgan fingerprint density at radius 1 is 1.32 bits per heavy atom. The number of carbonyl (C=O) groups is 2. The monoisotopic (exact) mass is 271 g/mol. The van der Waals surface area contributed by atoms with Gasteiger partial charge in [0.2, 0.25) is 0 Å². The van der Waals surface area contributed by atoms with Crippen molar-refractivity contribution >= 4 is 12.1 Å². The number of amides is 1. The van der Waals surface area contributed by atoms with Gasteiger partial charge in [-0.1, -0.05) is 6.92 Å². The van der Waals surface area contributed by atoms with E-state index in [4.69, 9.17) is 9.47 Å². The van der Waals surface area contributed by atoms with Gasteiger partial charge in [0, 0.05) is 13.1 Å². The maximum atomic E-state index is 11.9. The summed E-state index contributed by atoms with van der Waals surface area (Å²) in [5.74, 6) is -0.169. The van der Waals surface area contributed by atoms with Crippen LogP contribution in [0.4, 0.5) is 4.79 Å². The molecule has 19 heavy (non-hydrogen) atoms. The number of piperidine rings is 1. The highest BCUT2D eigenvalue weighted by molar-refractivity contribution is 5.74. The van der Waals surface area contributed by atoms with Crippen molar-refractivity contribution in [1.82, 2.24) is 4.90 Å². The number of ether oxygens (including phenoxy) is 2. The highest BCUT2D eigenvalue weighted by Gasteiger charge is 2.35. The van der Waals surface area contributed by atoms with Gasteiger partial charge in [-0.2, -0.15) is 0 Å². The van der Waals surface area contributed by atoms with E-state index in [1.165, 1.54) is 0 Å². The normalized spacial score (nSPS) is 23.9. The summed E-state index contributed by atoms with van der Waals surface area (Å²) >= 11 is 0. The molecule has 0 saturated carbocycles. The summed E-state index contributed by atoms with van der Waals surface area (Å²) in [4.78, 5) is 25.4. The fourth-order valence-corrected chi connectivity index (χ4v) is 2.24. The highest BCUT2D eigenvalue weighted by Crippen LogP contribution is 2.25. The zero-order valence-electron chi connectivity index (χ0n) is 12.6. The third-order valence-corrected chi connectivity index (χ3v) is 3.15. The molecule has 0 unspecified atom stereocenters. The first-order chi connectivity index (χ1) is 8.74. The number of carbonyl (C=O) groups excluding carboxylic acids is 2. The van der Waals surface area contributed by atoms with Crippen LogP contribution in [0.1, 0.15) is 41.0 Å². The van der Waals surface area contributed by atoms with Crippen LogP contribution in [0, 0.1) is 11.8 Å². The summed E-state index contributed by atoms with van der Waals surface area (Å²) in [5, 5.41) is 0. The van der Waals surface area contributed by atoms with Crippen LogP contribution in [0.2, 0.25) is 0 Å². The minimum absolute atomic E-state index is 0.0975. The van der Waals surface area contributed by atoms with Crippen LogP contribution < -0.4 is 0 Å². The third-order valence-electron chi connectivity index (χ3n) is 3.15. The minimum atomic E-state index is -0.488. The van der Waals surface area contributed by atoms with Crippen molar-refractivity contribution in [3.8, 4) is 0 Å². The van der Waals surface area contributed by atoms with Crippen LogP contribution in [0.25, 0.3) is 0 Å². The number of hydrogen-bond acceptors (Lipinski definition) is 4. The van der Waals surface area contributed by atoms with Gasteiger partial charge in [0.1, 0.15) is 5.60 Å². The van der Waals surface area contributed by atoms with Crippen LogP contribution in [0.5, 0.6) is 0 Å². The largest absolute Gasteiger partial charge is 0.466 e. The number of hydrogen-bond donors (Lipinski definition) is 0. The predicted octanol–water partition coefficient (Wildman–Crippen LogP) is 2.44. The Labute approximate surface area is 115 Å². The molecule has 1 amide bonds. The molecular weight excluding hydrogens is 246 g/mol. The number of rotatable bonds is 2. The summed E-state index contributed by atoms with van der Waals surface area (Å²) in [6, 6.07) is 0. The molecule has 1 aliphatic rings. The molecule has 1 heterocycles. The van der Waals surface area contributed by atoms with Gasteiger partial charge in [-0.25, -0.2) is 4.79 Å². The van der Waals surface area contributed by atoms with Crippen LogP contribution in [0.3, 0.4) is 0 Å². The summed E-state index contributed by atoms with van der Waals surface area (Å²) < 4.78 is 10.4. The molecule has 0 aromatic heterocycles.